The Morgan fingerprint density at radius 1 is 1.43 bits per heavy atom. The number of anilines is 2. The number of benzene rings is 1. The van der Waals surface area contributed by atoms with Crippen LogP contribution in [0.4, 0.5) is 11.5 Å². The fraction of sp³-hybridized carbons (Fsp3) is 0.312. The molecule has 1 amide bonds. The maximum atomic E-state index is 12.8. The van der Waals surface area contributed by atoms with E-state index >= 15 is 0 Å². The highest BCUT2D eigenvalue weighted by atomic mass is 35.5. The van der Waals surface area contributed by atoms with Crippen LogP contribution in [0.15, 0.2) is 36.8 Å². The summed E-state index contributed by atoms with van der Waals surface area (Å²) in [4.78, 5) is 22.5. The maximum absolute atomic E-state index is 12.8. The zero-order valence-corrected chi connectivity index (χ0v) is 13.5. The molecule has 1 saturated heterocycles. The Balaban J connectivity index is 1.79. The number of nitrogens with one attached hydrogen (secondary N) is 1. The van der Waals surface area contributed by atoms with Crippen molar-refractivity contribution in [1.29, 1.82) is 0 Å². The first-order chi connectivity index (χ1) is 11.2. The van der Waals surface area contributed by atoms with Gasteiger partial charge in [-0.15, -0.1) is 0 Å². The van der Waals surface area contributed by atoms with Crippen LogP contribution < -0.4 is 15.0 Å². The number of halogens is 1. The molecule has 0 spiro atoms. The van der Waals surface area contributed by atoms with Crippen LogP contribution in [0.5, 0.6) is 5.75 Å². The van der Waals surface area contributed by atoms with E-state index in [1.165, 1.54) is 12.5 Å². The number of methoxy groups -OCH3 is 1. The molecule has 1 N–H and O–H groups in total. The third-order valence-electron chi connectivity index (χ3n) is 3.78. The van der Waals surface area contributed by atoms with Crippen molar-refractivity contribution in [3.63, 3.8) is 0 Å². The highest BCUT2D eigenvalue weighted by molar-refractivity contribution is 6.32. The smallest absolute Gasteiger partial charge is 0.249 e. The van der Waals surface area contributed by atoms with Gasteiger partial charge in [0.25, 0.3) is 0 Å². The number of hydrogen-bond donors (Lipinski definition) is 1. The molecule has 1 aromatic carbocycles. The first-order valence-electron chi connectivity index (χ1n) is 7.36. The largest absolute Gasteiger partial charge is 0.497 e. The quantitative estimate of drug-likeness (QED) is 0.932. The van der Waals surface area contributed by atoms with Crippen LogP contribution in [0.25, 0.3) is 0 Å². The molecule has 0 radical (unpaired) electrons. The van der Waals surface area contributed by atoms with Crippen molar-refractivity contribution in [2.45, 2.75) is 18.9 Å². The summed E-state index contributed by atoms with van der Waals surface area (Å²) in [6.45, 7) is 0.682. The van der Waals surface area contributed by atoms with Gasteiger partial charge in [0.05, 0.1) is 13.3 Å². The number of amides is 1. The highest BCUT2D eigenvalue weighted by Gasteiger charge is 2.30. The molecular weight excluding hydrogens is 316 g/mol. The molecule has 1 aliphatic rings. The van der Waals surface area contributed by atoms with Gasteiger partial charge in [-0.25, -0.2) is 9.97 Å². The lowest BCUT2D eigenvalue weighted by Crippen LogP contribution is -2.48. The van der Waals surface area contributed by atoms with E-state index in [0.29, 0.717) is 17.4 Å². The van der Waals surface area contributed by atoms with E-state index in [9.17, 15) is 4.79 Å². The van der Waals surface area contributed by atoms with Gasteiger partial charge < -0.3 is 15.0 Å². The Kier molecular flexibility index (Phi) is 4.62. The van der Waals surface area contributed by atoms with Gasteiger partial charge in [0.15, 0.2) is 0 Å². The minimum atomic E-state index is -0.359. The third-order valence-corrected chi connectivity index (χ3v) is 4.06. The van der Waals surface area contributed by atoms with E-state index in [4.69, 9.17) is 16.3 Å². The van der Waals surface area contributed by atoms with Gasteiger partial charge in [0.2, 0.25) is 5.91 Å². The molecule has 0 saturated carbocycles. The first-order valence-corrected chi connectivity index (χ1v) is 7.74. The number of ether oxygens (including phenoxy) is 1. The van der Waals surface area contributed by atoms with E-state index in [-0.39, 0.29) is 11.9 Å². The molecule has 2 aromatic rings. The van der Waals surface area contributed by atoms with Crippen LogP contribution in [0.2, 0.25) is 5.02 Å². The van der Waals surface area contributed by atoms with Crippen molar-refractivity contribution in [2.24, 2.45) is 0 Å². The van der Waals surface area contributed by atoms with E-state index in [1.807, 2.05) is 24.3 Å². The van der Waals surface area contributed by atoms with Crippen molar-refractivity contribution in [3.8, 4) is 5.75 Å². The number of rotatable bonds is 4. The lowest BCUT2D eigenvalue weighted by Gasteiger charge is -2.33. The molecule has 3 rings (SSSR count). The summed E-state index contributed by atoms with van der Waals surface area (Å²) < 4.78 is 5.23. The Labute approximate surface area is 139 Å². The van der Waals surface area contributed by atoms with Crippen LogP contribution in [0.3, 0.4) is 0 Å². The second kappa shape index (κ2) is 6.83. The summed E-state index contributed by atoms with van der Waals surface area (Å²) in [5, 5.41) is 3.52. The summed E-state index contributed by atoms with van der Waals surface area (Å²) >= 11 is 6.06. The predicted octanol–water partition coefficient (Wildman–Crippen LogP) is 2.75. The van der Waals surface area contributed by atoms with E-state index in [2.05, 4.69) is 15.3 Å². The molecule has 1 atom stereocenters. The van der Waals surface area contributed by atoms with Crippen molar-refractivity contribution in [2.75, 3.05) is 23.9 Å². The SMILES string of the molecule is COc1cccc(N2CCCC(Nc3ncncc3Cl)C2=O)c1. The summed E-state index contributed by atoms with van der Waals surface area (Å²) in [6.07, 6.45) is 4.54. The van der Waals surface area contributed by atoms with Crippen molar-refractivity contribution in [1.82, 2.24) is 9.97 Å². The molecule has 120 valence electrons. The molecule has 23 heavy (non-hydrogen) atoms. The van der Waals surface area contributed by atoms with Crippen LogP contribution in [0.1, 0.15) is 12.8 Å². The lowest BCUT2D eigenvalue weighted by atomic mass is 10.0. The molecule has 0 aliphatic carbocycles. The highest BCUT2D eigenvalue weighted by Crippen LogP contribution is 2.27. The third kappa shape index (κ3) is 3.37. The van der Waals surface area contributed by atoms with E-state index < -0.39 is 0 Å². The zero-order valence-electron chi connectivity index (χ0n) is 12.7. The molecule has 1 unspecified atom stereocenters. The van der Waals surface area contributed by atoms with Crippen LogP contribution in [0, 0.1) is 0 Å². The number of carbonyl (C=O) groups is 1. The second-order valence-corrected chi connectivity index (χ2v) is 5.66. The molecule has 1 aromatic heterocycles. The number of hydrogen-bond acceptors (Lipinski definition) is 5. The number of aromatic nitrogens is 2. The Bertz CT molecular complexity index is 710. The van der Waals surface area contributed by atoms with Gasteiger partial charge in [-0.3, -0.25) is 4.79 Å². The fourth-order valence-corrected chi connectivity index (χ4v) is 2.79. The average molecular weight is 333 g/mol. The molecule has 1 fully saturated rings. The fourth-order valence-electron chi connectivity index (χ4n) is 2.63. The summed E-state index contributed by atoms with van der Waals surface area (Å²) in [7, 11) is 1.61. The van der Waals surface area contributed by atoms with Gasteiger partial charge in [-0.1, -0.05) is 17.7 Å². The first kappa shape index (κ1) is 15.6. The van der Waals surface area contributed by atoms with Crippen molar-refractivity contribution < 1.29 is 9.53 Å². The molecule has 0 bridgehead atoms. The molecule has 1 aliphatic heterocycles. The average Bonchev–Trinajstić information content (AvgIpc) is 2.58. The second-order valence-electron chi connectivity index (χ2n) is 5.25. The lowest BCUT2D eigenvalue weighted by molar-refractivity contribution is -0.120. The Hall–Kier alpha value is -2.34. The van der Waals surface area contributed by atoms with Crippen molar-refractivity contribution in [3.05, 3.63) is 41.8 Å². The summed E-state index contributed by atoms with van der Waals surface area (Å²) in [5.41, 5.74) is 0.828. The molecular formula is C16H17ClN4O2. The van der Waals surface area contributed by atoms with Crippen LogP contribution in [-0.4, -0.2) is 35.6 Å². The molecule has 7 heteroatoms. The van der Waals surface area contributed by atoms with Crippen molar-refractivity contribution >= 4 is 29.0 Å². The summed E-state index contributed by atoms with van der Waals surface area (Å²) in [5.74, 6) is 1.20. The number of carbonyl (C=O) groups excluding carboxylic acids is 1. The van der Waals surface area contributed by atoms with E-state index in [0.717, 1.165) is 24.3 Å². The van der Waals surface area contributed by atoms with Crippen LogP contribution >= 0.6 is 11.6 Å². The minimum absolute atomic E-state index is 0.000757. The monoisotopic (exact) mass is 332 g/mol. The van der Waals surface area contributed by atoms with Gasteiger partial charge >= 0.3 is 0 Å². The maximum Gasteiger partial charge on any atom is 0.249 e. The number of nitrogens with zero attached hydrogens (tertiary/aromatic N) is 3. The number of piperidine rings is 1. The van der Waals surface area contributed by atoms with Gasteiger partial charge in [-0.2, -0.15) is 0 Å². The molecule has 2 heterocycles. The van der Waals surface area contributed by atoms with Crippen LogP contribution in [-0.2, 0) is 4.79 Å². The standard InChI is InChI=1S/C16H17ClN4O2/c1-23-12-5-2-4-11(8-12)21-7-3-6-14(16(21)22)20-15-13(17)9-18-10-19-15/h2,4-5,8-10,14H,3,6-7H2,1H3,(H,18,19,20). The topological polar surface area (TPSA) is 67.3 Å². The summed E-state index contributed by atoms with van der Waals surface area (Å²) in [6, 6.07) is 7.13. The minimum Gasteiger partial charge on any atom is -0.497 e. The molecule has 6 nitrogen and oxygen atoms in total. The Morgan fingerprint density at radius 3 is 3.09 bits per heavy atom. The van der Waals surface area contributed by atoms with Gasteiger partial charge in [0, 0.05) is 18.3 Å². The normalized spacial score (nSPS) is 17.9. The van der Waals surface area contributed by atoms with Gasteiger partial charge in [0.1, 0.15) is 29.0 Å². The Morgan fingerprint density at radius 2 is 2.30 bits per heavy atom. The predicted molar refractivity (Wildman–Crippen MR) is 89.0 cm³/mol. The van der Waals surface area contributed by atoms with E-state index in [1.54, 1.807) is 12.0 Å². The van der Waals surface area contributed by atoms with Gasteiger partial charge in [-0.05, 0) is 25.0 Å². The zero-order chi connectivity index (χ0) is 16.2.